The first kappa shape index (κ1) is 20.5. The molecule has 0 saturated carbocycles. The van der Waals surface area contributed by atoms with Crippen LogP contribution >= 0.6 is 0 Å². The zero-order chi connectivity index (χ0) is 21.6. The second-order valence-electron chi connectivity index (χ2n) is 7.34. The number of H-pyrrole nitrogens is 1. The molecule has 2 heterocycles. The number of carbonyl (C=O) groups is 1. The monoisotopic (exact) mass is 418 g/mol. The second-order valence-corrected chi connectivity index (χ2v) is 7.34. The van der Waals surface area contributed by atoms with Crippen molar-refractivity contribution < 1.29 is 14.3 Å². The van der Waals surface area contributed by atoms with Gasteiger partial charge in [0.2, 0.25) is 0 Å². The topological polar surface area (TPSA) is 79.0 Å². The largest absolute Gasteiger partial charge is 0.493 e. The predicted molar refractivity (Wildman–Crippen MR) is 121 cm³/mol. The normalized spacial score (nSPS) is 13.5. The number of hydrazone groups is 1. The predicted octanol–water partition coefficient (Wildman–Crippen LogP) is 4.28. The van der Waals surface area contributed by atoms with Crippen LogP contribution in [0.5, 0.6) is 11.5 Å². The van der Waals surface area contributed by atoms with Gasteiger partial charge in [-0.3, -0.25) is 9.80 Å². The number of rotatable bonds is 7. The van der Waals surface area contributed by atoms with Gasteiger partial charge in [-0.2, -0.15) is 5.10 Å². The molecule has 2 N–H and O–H groups in total. The number of ether oxygens (including phenoxy) is 2. The van der Waals surface area contributed by atoms with Crippen molar-refractivity contribution in [3.05, 3.63) is 77.6 Å². The van der Waals surface area contributed by atoms with E-state index in [-0.39, 0.29) is 5.91 Å². The quantitative estimate of drug-likeness (QED) is 0.600. The number of benzene rings is 2. The molecule has 31 heavy (non-hydrogen) atoms. The van der Waals surface area contributed by atoms with Gasteiger partial charge >= 0.3 is 0 Å². The standard InChI is InChI=1S/C24H26N4O3/c1-30-22-12-9-18(15-23(22)31-2)20-6-4-14-28(27-20)16-17-7-10-19(11-8-17)26-24(29)21-5-3-13-25-21/h3,5,7-13,15,25H,4,6,14,16H2,1-2H3,(H,26,29). The summed E-state index contributed by atoms with van der Waals surface area (Å²) in [6.07, 6.45) is 3.70. The molecule has 1 aliphatic heterocycles. The molecule has 0 aliphatic carbocycles. The zero-order valence-electron chi connectivity index (χ0n) is 17.7. The molecule has 160 valence electrons. The van der Waals surface area contributed by atoms with Crippen LogP contribution in [0, 0.1) is 0 Å². The average molecular weight is 418 g/mol. The van der Waals surface area contributed by atoms with Crippen molar-refractivity contribution in [1.29, 1.82) is 0 Å². The summed E-state index contributed by atoms with van der Waals surface area (Å²) in [5, 5.41) is 9.84. The van der Waals surface area contributed by atoms with E-state index in [0.29, 0.717) is 23.7 Å². The summed E-state index contributed by atoms with van der Waals surface area (Å²) < 4.78 is 10.8. The number of nitrogens with one attached hydrogen (secondary N) is 2. The van der Waals surface area contributed by atoms with E-state index in [2.05, 4.69) is 15.3 Å². The first-order valence-corrected chi connectivity index (χ1v) is 10.2. The summed E-state index contributed by atoms with van der Waals surface area (Å²) in [4.78, 5) is 15.1. The molecule has 0 bridgehead atoms. The van der Waals surface area contributed by atoms with Gasteiger partial charge in [0, 0.05) is 24.0 Å². The molecular formula is C24H26N4O3. The molecule has 0 unspecified atom stereocenters. The van der Waals surface area contributed by atoms with Gasteiger partial charge in [-0.05, 0) is 60.9 Å². The molecular weight excluding hydrogens is 392 g/mol. The highest BCUT2D eigenvalue weighted by Gasteiger charge is 2.16. The lowest BCUT2D eigenvalue weighted by Crippen LogP contribution is -2.26. The fraction of sp³-hybridized carbons (Fsp3) is 0.250. The van der Waals surface area contributed by atoms with Crippen molar-refractivity contribution in [3.63, 3.8) is 0 Å². The lowest BCUT2D eigenvalue weighted by atomic mass is 10.0. The third kappa shape index (κ3) is 4.88. The Morgan fingerprint density at radius 3 is 2.61 bits per heavy atom. The third-order valence-electron chi connectivity index (χ3n) is 5.23. The van der Waals surface area contributed by atoms with Crippen LogP contribution in [0.15, 0.2) is 65.9 Å². The van der Waals surface area contributed by atoms with Crippen molar-refractivity contribution in [2.24, 2.45) is 5.10 Å². The van der Waals surface area contributed by atoms with E-state index >= 15 is 0 Å². The molecule has 0 atom stereocenters. The minimum atomic E-state index is -0.155. The molecule has 7 nitrogen and oxygen atoms in total. The van der Waals surface area contributed by atoms with Crippen molar-refractivity contribution in [2.45, 2.75) is 19.4 Å². The number of hydrogen-bond donors (Lipinski definition) is 2. The van der Waals surface area contributed by atoms with Crippen molar-refractivity contribution in [1.82, 2.24) is 9.99 Å². The molecule has 1 aliphatic rings. The van der Waals surface area contributed by atoms with E-state index in [9.17, 15) is 4.79 Å². The van der Waals surface area contributed by atoms with Gasteiger partial charge in [-0.25, -0.2) is 0 Å². The highest BCUT2D eigenvalue weighted by atomic mass is 16.5. The summed E-state index contributed by atoms with van der Waals surface area (Å²) in [7, 11) is 3.27. The first-order valence-electron chi connectivity index (χ1n) is 10.2. The fourth-order valence-electron chi connectivity index (χ4n) is 3.61. The molecule has 3 aromatic rings. The number of methoxy groups -OCH3 is 2. The molecule has 0 spiro atoms. The van der Waals surface area contributed by atoms with Crippen LogP contribution in [0.1, 0.15) is 34.5 Å². The number of amides is 1. The number of carbonyl (C=O) groups excluding carboxylic acids is 1. The minimum absolute atomic E-state index is 0.155. The van der Waals surface area contributed by atoms with Crippen LogP contribution < -0.4 is 14.8 Å². The van der Waals surface area contributed by atoms with E-state index in [4.69, 9.17) is 14.6 Å². The van der Waals surface area contributed by atoms with E-state index in [1.807, 2.05) is 42.5 Å². The average Bonchev–Trinajstić information content (AvgIpc) is 3.35. The van der Waals surface area contributed by atoms with Crippen LogP contribution in [-0.4, -0.2) is 42.4 Å². The smallest absolute Gasteiger partial charge is 0.272 e. The number of anilines is 1. The highest BCUT2D eigenvalue weighted by molar-refractivity contribution is 6.03. The second kappa shape index (κ2) is 9.38. The van der Waals surface area contributed by atoms with Crippen molar-refractivity contribution in [3.8, 4) is 11.5 Å². The Balaban J connectivity index is 1.42. The molecule has 1 amide bonds. The molecule has 0 radical (unpaired) electrons. The first-order chi connectivity index (χ1) is 15.2. The fourth-order valence-corrected chi connectivity index (χ4v) is 3.61. The van der Waals surface area contributed by atoms with E-state index < -0.39 is 0 Å². The van der Waals surface area contributed by atoms with Gasteiger partial charge < -0.3 is 19.8 Å². The lowest BCUT2D eigenvalue weighted by Gasteiger charge is -2.26. The van der Waals surface area contributed by atoms with Crippen LogP contribution in [0.2, 0.25) is 0 Å². The number of aromatic nitrogens is 1. The summed E-state index contributed by atoms with van der Waals surface area (Å²) in [5.41, 5.74) is 4.52. The Morgan fingerprint density at radius 2 is 1.90 bits per heavy atom. The minimum Gasteiger partial charge on any atom is -0.493 e. The number of hydrogen-bond acceptors (Lipinski definition) is 5. The Morgan fingerprint density at radius 1 is 1.10 bits per heavy atom. The van der Waals surface area contributed by atoms with Crippen molar-refractivity contribution >= 4 is 17.3 Å². The van der Waals surface area contributed by atoms with Crippen LogP contribution in [0.3, 0.4) is 0 Å². The summed E-state index contributed by atoms with van der Waals surface area (Å²) in [5.74, 6) is 1.26. The van der Waals surface area contributed by atoms with Crippen LogP contribution in [0.4, 0.5) is 5.69 Å². The highest BCUT2D eigenvalue weighted by Crippen LogP contribution is 2.29. The Labute approximate surface area is 181 Å². The molecule has 0 saturated heterocycles. The van der Waals surface area contributed by atoms with Gasteiger partial charge in [-0.15, -0.1) is 0 Å². The molecule has 4 rings (SSSR count). The summed E-state index contributed by atoms with van der Waals surface area (Å²) >= 11 is 0. The van der Waals surface area contributed by atoms with E-state index in [0.717, 1.165) is 41.9 Å². The SMILES string of the molecule is COc1ccc(C2=NN(Cc3ccc(NC(=O)c4ccc[nH]4)cc3)CCC2)cc1OC. The van der Waals surface area contributed by atoms with Crippen LogP contribution in [0.25, 0.3) is 0 Å². The number of nitrogens with zero attached hydrogens (tertiary/aromatic N) is 2. The van der Waals surface area contributed by atoms with E-state index in [1.54, 1.807) is 32.5 Å². The Kier molecular flexibility index (Phi) is 6.21. The molecule has 7 heteroatoms. The Hall–Kier alpha value is -3.74. The van der Waals surface area contributed by atoms with Gasteiger partial charge in [0.05, 0.1) is 26.5 Å². The van der Waals surface area contributed by atoms with Gasteiger partial charge in [0.15, 0.2) is 11.5 Å². The molecule has 2 aromatic carbocycles. The van der Waals surface area contributed by atoms with Crippen LogP contribution in [-0.2, 0) is 6.54 Å². The maximum Gasteiger partial charge on any atom is 0.272 e. The molecule has 0 fully saturated rings. The van der Waals surface area contributed by atoms with Gasteiger partial charge in [0.1, 0.15) is 5.69 Å². The van der Waals surface area contributed by atoms with E-state index in [1.165, 1.54) is 0 Å². The summed E-state index contributed by atoms with van der Waals surface area (Å²) in [6.45, 7) is 1.61. The third-order valence-corrected chi connectivity index (χ3v) is 5.23. The van der Waals surface area contributed by atoms with Crippen molar-refractivity contribution in [2.75, 3.05) is 26.1 Å². The Bertz CT molecular complexity index is 1060. The van der Waals surface area contributed by atoms with Gasteiger partial charge in [-0.1, -0.05) is 12.1 Å². The van der Waals surface area contributed by atoms with Gasteiger partial charge in [0.25, 0.3) is 5.91 Å². The maximum absolute atomic E-state index is 12.1. The zero-order valence-corrected chi connectivity index (χ0v) is 17.7. The molecule has 1 aromatic heterocycles. The summed E-state index contributed by atoms with van der Waals surface area (Å²) in [6, 6.07) is 17.3. The lowest BCUT2D eigenvalue weighted by molar-refractivity contribution is 0.102. The maximum atomic E-state index is 12.1. The number of aromatic amines is 1.